The van der Waals surface area contributed by atoms with E-state index in [0.717, 1.165) is 30.4 Å². The van der Waals surface area contributed by atoms with Crippen LogP contribution in [0, 0.1) is 5.92 Å². The Morgan fingerprint density at radius 2 is 2.03 bits per heavy atom. The predicted molar refractivity (Wildman–Crippen MR) is 121 cm³/mol. The molecule has 2 aromatic heterocycles. The van der Waals surface area contributed by atoms with Crippen molar-refractivity contribution in [2.75, 3.05) is 0 Å². The minimum absolute atomic E-state index is 0.0372. The zero-order chi connectivity index (χ0) is 21.3. The average molecular weight is 425 g/mol. The first-order valence-corrected chi connectivity index (χ1v) is 11.6. The summed E-state index contributed by atoms with van der Waals surface area (Å²) in [5, 5.41) is 2.54. The van der Waals surface area contributed by atoms with E-state index in [1.54, 1.807) is 0 Å². The molecule has 1 fully saturated rings. The van der Waals surface area contributed by atoms with Crippen LogP contribution >= 0.6 is 11.3 Å². The number of thiophene rings is 1. The number of nitrogens with zero attached hydrogens (tertiary/aromatic N) is 2. The number of aromatic nitrogens is 2. The van der Waals surface area contributed by atoms with Crippen molar-refractivity contribution >= 4 is 27.5 Å². The van der Waals surface area contributed by atoms with Crippen LogP contribution in [0.25, 0.3) is 21.3 Å². The van der Waals surface area contributed by atoms with Crippen LogP contribution in [0.2, 0.25) is 0 Å². The second-order valence-corrected chi connectivity index (χ2v) is 9.53. The molecule has 0 radical (unpaired) electrons. The molecular weight excluding hydrogens is 396 g/mol. The first-order valence-electron chi connectivity index (χ1n) is 10.7. The van der Waals surface area contributed by atoms with Gasteiger partial charge in [0.15, 0.2) is 0 Å². The molecule has 0 amide bonds. The topological polar surface area (TPSA) is 61.2 Å². The summed E-state index contributed by atoms with van der Waals surface area (Å²) < 4.78 is 7.01. The van der Waals surface area contributed by atoms with Gasteiger partial charge in [-0.3, -0.25) is 14.2 Å². The van der Waals surface area contributed by atoms with Crippen LogP contribution in [0.15, 0.2) is 40.8 Å². The molecule has 2 heterocycles. The molecule has 0 spiro atoms. The Morgan fingerprint density at radius 1 is 1.27 bits per heavy atom. The maximum Gasteiger partial charge on any atom is 0.326 e. The molecule has 5 nitrogen and oxygen atoms in total. The van der Waals surface area contributed by atoms with Crippen LogP contribution < -0.4 is 5.56 Å². The third kappa shape index (κ3) is 4.33. The van der Waals surface area contributed by atoms with E-state index in [2.05, 4.69) is 37.9 Å². The monoisotopic (exact) mass is 424 g/mol. The predicted octanol–water partition coefficient (Wildman–Crippen LogP) is 5.37. The van der Waals surface area contributed by atoms with Crippen molar-refractivity contribution in [1.82, 2.24) is 9.55 Å². The largest absolute Gasteiger partial charge is 0.461 e. The van der Waals surface area contributed by atoms with Crippen molar-refractivity contribution in [3.8, 4) is 11.1 Å². The molecular formula is C24H28N2O3S. The third-order valence-corrected chi connectivity index (χ3v) is 6.82. The van der Waals surface area contributed by atoms with Gasteiger partial charge in [-0.1, -0.05) is 51.5 Å². The van der Waals surface area contributed by atoms with E-state index in [0.29, 0.717) is 22.1 Å². The highest BCUT2D eigenvalue weighted by Gasteiger charge is 2.23. The lowest BCUT2D eigenvalue weighted by molar-refractivity contribution is -0.152. The zero-order valence-corrected chi connectivity index (χ0v) is 18.6. The highest BCUT2D eigenvalue weighted by atomic mass is 32.1. The number of rotatable bonds is 5. The SMILES string of the molecule is CC(C)c1ccc(-c2csc3ncn(CC(=O)O[C@H]4CCC[C@@H](C)C4)c(=O)c23)cc1. The maximum absolute atomic E-state index is 13.2. The van der Waals surface area contributed by atoms with Gasteiger partial charge in [0.25, 0.3) is 5.56 Å². The van der Waals surface area contributed by atoms with E-state index in [9.17, 15) is 9.59 Å². The summed E-state index contributed by atoms with van der Waals surface area (Å²) in [4.78, 5) is 30.7. The number of ether oxygens (including phenoxy) is 1. The highest BCUT2D eigenvalue weighted by Crippen LogP contribution is 2.31. The lowest BCUT2D eigenvalue weighted by Crippen LogP contribution is -2.30. The Hall–Kier alpha value is -2.47. The molecule has 158 valence electrons. The van der Waals surface area contributed by atoms with Crippen molar-refractivity contribution in [2.45, 2.75) is 65.0 Å². The van der Waals surface area contributed by atoms with Crippen molar-refractivity contribution in [1.29, 1.82) is 0 Å². The number of benzene rings is 1. The van der Waals surface area contributed by atoms with Crippen molar-refractivity contribution in [2.24, 2.45) is 5.92 Å². The van der Waals surface area contributed by atoms with Gasteiger partial charge >= 0.3 is 5.97 Å². The number of esters is 1. The molecule has 1 saturated carbocycles. The van der Waals surface area contributed by atoms with E-state index in [1.807, 2.05) is 17.5 Å². The minimum atomic E-state index is -0.365. The number of carbonyl (C=O) groups excluding carboxylic acids is 1. The summed E-state index contributed by atoms with van der Waals surface area (Å²) in [6.07, 6.45) is 5.50. The van der Waals surface area contributed by atoms with Gasteiger partial charge in [-0.05, 0) is 42.2 Å². The fraction of sp³-hybridized carbons (Fsp3) is 0.458. The van der Waals surface area contributed by atoms with Crippen LogP contribution in [0.1, 0.15) is 57.9 Å². The van der Waals surface area contributed by atoms with Gasteiger partial charge in [0.05, 0.1) is 11.7 Å². The molecule has 4 rings (SSSR count). The van der Waals surface area contributed by atoms with E-state index in [-0.39, 0.29) is 24.2 Å². The Labute approximate surface area is 180 Å². The van der Waals surface area contributed by atoms with Crippen LogP contribution in [-0.4, -0.2) is 21.6 Å². The molecule has 0 saturated heterocycles. The van der Waals surface area contributed by atoms with E-state index < -0.39 is 0 Å². The lowest BCUT2D eigenvalue weighted by atomic mass is 9.89. The molecule has 0 bridgehead atoms. The molecule has 0 unspecified atom stereocenters. The Kier molecular flexibility index (Phi) is 6.04. The lowest BCUT2D eigenvalue weighted by Gasteiger charge is -2.26. The molecule has 0 N–H and O–H groups in total. The van der Waals surface area contributed by atoms with Gasteiger partial charge in [0.2, 0.25) is 0 Å². The quantitative estimate of drug-likeness (QED) is 0.517. The van der Waals surface area contributed by atoms with Crippen LogP contribution in [0.3, 0.4) is 0 Å². The Morgan fingerprint density at radius 3 is 2.73 bits per heavy atom. The zero-order valence-electron chi connectivity index (χ0n) is 17.8. The Bertz CT molecular complexity index is 1100. The Balaban J connectivity index is 1.58. The molecule has 0 aliphatic heterocycles. The van der Waals surface area contributed by atoms with Crippen LogP contribution in [-0.2, 0) is 16.1 Å². The molecule has 3 aromatic rings. The number of hydrogen-bond donors (Lipinski definition) is 0. The molecule has 6 heteroatoms. The van der Waals surface area contributed by atoms with Crippen LogP contribution in [0.4, 0.5) is 0 Å². The van der Waals surface area contributed by atoms with Crippen molar-refractivity contribution in [3.63, 3.8) is 0 Å². The second kappa shape index (κ2) is 8.72. The van der Waals surface area contributed by atoms with Gasteiger partial charge in [-0.25, -0.2) is 4.98 Å². The smallest absolute Gasteiger partial charge is 0.326 e. The van der Waals surface area contributed by atoms with Gasteiger partial charge in [-0.2, -0.15) is 0 Å². The van der Waals surface area contributed by atoms with Gasteiger partial charge < -0.3 is 4.74 Å². The summed E-state index contributed by atoms with van der Waals surface area (Å²) in [7, 11) is 0. The second-order valence-electron chi connectivity index (χ2n) is 8.67. The fourth-order valence-corrected chi connectivity index (χ4v) is 5.09. The normalized spacial score (nSPS) is 19.3. The number of fused-ring (bicyclic) bond motifs is 1. The van der Waals surface area contributed by atoms with Gasteiger partial charge in [-0.15, -0.1) is 11.3 Å². The average Bonchev–Trinajstić information content (AvgIpc) is 3.15. The van der Waals surface area contributed by atoms with Gasteiger partial charge in [0, 0.05) is 10.9 Å². The molecule has 30 heavy (non-hydrogen) atoms. The maximum atomic E-state index is 13.2. The number of carbonyl (C=O) groups is 1. The first-order chi connectivity index (χ1) is 14.4. The van der Waals surface area contributed by atoms with E-state index >= 15 is 0 Å². The van der Waals surface area contributed by atoms with Gasteiger partial charge in [0.1, 0.15) is 17.5 Å². The summed E-state index contributed by atoms with van der Waals surface area (Å²) >= 11 is 1.45. The van der Waals surface area contributed by atoms with Crippen molar-refractivity contribution < 1.29 is 9.53 Å². The molecule has 1 aliphatic carbocycles. The first kappa shape index (κ1) is 20.8. The summed E-state index contributed by atoms with van der Waals surface area (Å²) in [5.74, 6) is 0.665. The highest BCUT2D eigenvalue weighted by molar-refractivity contribution is 7.17. The van der Waals surface area contributed by atoms with E-state index in [1.165, 1.54) is 34.2 Å². The van der Waals surface area contributed by atoms with E-state index in [4.69, 9.17) is 4.74 Å². The van der Waals surface area contributed by atoms with Crippen LogP contribution in [0.5, 0.6) is 0 Å². The minimum Gasteiger partial charge on any atom is -0.461 e. The summed E-state index contributed by atoms with van der Waals surface area (Å²) in [6, 6.07) is 8.29. The number of hydrogen-bond acceptors (Lipinski definition) is 5. The molecule has 1 aromatic carbocycles. The van der Waals surface area contributed by atoms with Crippen molar-refractivity contribution in [3.05, 3.63) is 51.9 Å². The molecule has 2 atom stereocenters. The summed E-state index contributed by atoms with van der Waals surface area (Å²) in [6.45, 7) is 6.40. The third-order valence-electron chi connectivity index (χ3n) is 5.93. The molecule has 1 aliphatic rings. The fourth-order valence-electron chi connectivity index (χ4n) is 4.19. The standard InChI is InChI=1S/C24H28N2O3S/c1-15(2)17-7-9-18(10-8-17)20-13-30-23-22(20)24(28)26(14-25-23)12-21(27)29-19-6-4-5-16(3)11-19/h7-10,13-16,19H,4-6,11-12H2,1-3H3/t16-,19+/m1/s1. The summed E-state index contributed by atoms with van der Waals surface area (Å²) in [5.41, 5.74) is 2.92.